The molecule has 0 unspecified atom stereocenters. The van der Waals surface area contributed by atoms with Gasteiger partial charge in [-0.15, -0.1) is 11.3 Å². The molecule has 2 heterocycles. The average molecular weight is 472 g/mol. The highest BCUT2D eigenvalue weighted by Crippen LogP contribution is 2.41. The van der Waals surface area contributed by atoms with E-state index in [0.29, 0.717) is 39.2 Å². The summed E-state index contributed by atoms with van der Waals surface area (Å²) in [6, 6.07) is 6.43. The number of hydrogen-bond donors (Lipinski definition) is 0. The van der Waals surface area contributed by atoms with Gasteiger partial charge in [0.1, 0.15) is 0 Å². The fourth-order valence-electron chi connectivity index (χ4n) is 3.32. The Morgan fingerprint density at radius 1 is 1.09 bits per heavy atom. The summed E-state index contributed by atoms with van der Waals surface area (Å²) < 4.78 is 28.5. The van der Waals surface area contributed by atoms with Crippen LogP contribution in [-0.2, 0) is 0 Å². The molecule has 12 heteroatoms. The molecule has 0 fully saturated rings. The molecule has 0 saturated carbocycles. The van der Waals surface area contributed by atoms with E-state index in [2.05, 4.69) is 10.1 Å². The third kappa shape index (κ3) is 4.07. The second-order valence-electron chi connectivity index (χ2n) is 6.62. The summed E-state index contributed by atoms with van der Waals surface area (Å²) in [4.78, 5) is 15.9. The quantitative estimate of drug-likeness (QED) is 0.294. The molecule has 4 rings (SSSR count). The largest absolute Gasteiger partial charge is 0.493 e. The van der Waals surface area contributed by atoms with Gasteiger partial charge in [0.05, 0.1) is 49.8 Å². The Balaban J connectivity index is 1.84. The highest BCUT2D eigenvalue weighted by atomic mass is 32.1. The maximum atomic E-state index is 11.6. The Morgan fingerprint density at radius 2 is 1.76 bits per heavy atom. The van der Waals surface area contributed by atoms with Crippen LogP contribution in [0.1, 0.15) is 5.56 Å². The zero-order valence-corrected chi connectivity index (χ0v) is 19.0. The van der Waals surface area contributed by atoms with Gasteiger partial charge in [-0.25, -0.2) is 4.68 Å². The summed E-state index contributed by atoms with van der Waals surface area (Å²) in [5, 5.41) is 18.0. The molecule has 172 valence electrons. The van der Waals surface area contributed by atoms with Crippen LogP contribution in [0.15, 0.2) is 39.7 Å². The van der Waals surface area contributed by atoms with Gasteiger partial charge in [-0.1, -0.05) is 0 Å². The van der Waals surface area contributed by atoms with E-state index in [1.807, 2.05) is 5.38 Å². The summed E-state index contributed by atoms with van der Waals surface area (Å²) in [7, 11) is 6.24. The standard InChI is InChI=1S/C21H20N4O7S/c1-22-21-24(23-9-13-7-16-17(32-11-31-16)8-14(13)25(26)27)15(10-33-21)12-5-18(28-2)20(30-4)19(6-12)29-3/h5-10H,11H2,1-4H3. The van der Waals surface area contributed by atoms with Crippen molar-refractivity contribution in [3.05, 3.63) is 50.1 Å². The van der Waals surface area contributed by atoms with Gasteiger partial charge in [-0.05, 0) is 18.2 Å². The molecule has 3 aromatic rings. The Bertz CT molecular complexity index is 1290. The maximum absolute atomic E-state index is 11.6. The molecule has 11 nitrogen and oxygen atoms in total. The number of fused-ring (bicyclic) bond motifs is 1. The van der Waals surface area contributed by atoms with Crippen LogP contribution in [0, 0.1) is 10.1 Å². The van der Waals surface area contributed by atoms with E-state index in [1.165, 1.54) is 51.0 Å². The number of benzene rings is 2. The predicted molar refractivity (Wildman–Crippen MR) is 121 cm³/mol. The fourth-order valence-corrected chi connectivity index (χ4v) is 4.12. The van der Waals surface area contributed by atoms with Crippen molar-refractivity contribution in [3.63, 3.8) is 0 Å². The van der Waals surface area contributed by atoms with E-state index in [4.69, 9.17) is 23.7 Å². The lowest BCUT2D eigenvalue weighted by Crippen LogP contribution is -2.12. The molecule has 0 amide bonds. The monoisotopic (exact) mass is 472 g/mol. The first-order valence-electron chi connectivity index (χ1n) is 9.56. The van der Waals surface area contributed by atoms with E-state index in [0.717, 1.165) is 5.56 Å². The van der Waals surface area contributed by atoms with Crippen LogP contribution < -0.4 is 28.5 Å². The topological polar surface area (TPSA) is 119 Å². The minimum Gasteiger partial charge on any atom is -0.493 e. The Kier molecular flexibility index (Phi) is 6.18. The van der Waals surface area contributed by atoms with Gasteiger partial charge >= 0.3 is 0 Å². The van der Waals surface area contributed by atoms with Crippen molar-refractivity contribution in [2.24, 2.45) is 10.1 Å². The predicted octanol–water partition coefficient (Wildman–Crippen LogP) is 3.29. The Labute approximate surface area is 192 Å². The number of methoxy groups -OCH3 is 3. The summed E-state index contributed by atoms with van der Waals surface area (Å²) >= 11 is 1.36. The summed E-state index contributed by atoms with van der Waals surface area (Å²) in [6.07, 6.45) is 1.39. The van der Waals surface area contributed by atoms with Gasteiger partial charge in [0, 0.05) is 18.0 Å². The Hall–Kier alpha value is -4.06. The normalized spacial score (nSPS) is 12.9. The first kappa shape index (κ1) is 22.1. The van der Waals surface area contributed by atoms with E-state index < -0.39 is 4.92 Å². The number of aromatic nitrogens is 1. The van der Waals surface area contributed by atoms with Gasteiger partial charge in [0.2, 0.25) is 17.3 Å². The van der Waals surface area contributed by atoms with Crippen LogP contribution in [-0.4, -0.2) is 51.0 Å². The first-order valence-corrected chi connectivity index (χ1v) is 10.4. The molecule has 1 aliphatic rings. The van der Waals surface area contributed by atoms with Crippen LogP contribution in [0.4, 0.5) is 5.69 Å². The number of rotatable bonds is 7. The van der Waals surface area contributed by atoms with Crippen molar-refractivity contribution in [1.82, 2.24) is 4.68 Å². The van der Waals surface area contributed by atoms with Gasteiger partial charge in [-0.3, -0.25) is 15.1 Å². The third-order valence-corrected chi connectivity index (χ3v) is 5.78. The molecule has 33 heavy (non-hydrogen) atoms. The summed E-state index contributed by atoms with van der Waals surface area (Å²) in [6.45, 7) is 0.0104. The molecule has 1 aromatic heterocycles. The zero-order chi connectivity index (χ0) is 23.5. The molecule has 0 atom stereocenters. The van der Waals surface area contributed by atoms with Crippen molar-refractivity contribution in [2.75, 3.05) is 35.2 Å². The smallest absolute Gasteiger partial charge is 0.282 e. The Morgan fingerprint density at radius 3 is 2.33 bits per heavy atom. The second-order valence-corrected chi connectivity index (χ2v) is 7.46. The van der Waals surface area contributed by atoms with Gasteiger partial charge < -0.3 is 23.7 Å². The van der Waals surface area contributed by atoms with Crippen molar-refractivity contribution < 1.29 is 28.6 Å². The van der Waals surface area contributed by atoms with Crippen molar-refractivity contribution in [2.45, 2.75) is 0 Å². The average Bonchev–Trinajstić information content (AvgIpc) is 3.46. The minimum absolute atomic E-state index is 0.0104. The fraction of sp³-hybridized carbons (Fsp3) is 0.238. The van der Waals surface area contributed by atoms with Crippen molar-refractivity contribution in [1.29, 1.82) is 0 Å². The number of thiazole rings is 1. The van der Waals surface area contributed by atoms with Crippen molar-refractivity contribution in [3.8, 4) is 40.0 Å². The van der Waals surface area contributed by atoms with Crippen LogP contribution in [0.5, 0.6) is 28.7 Å². The SMILES string of the molecule is CN=c1scc(-c2cc(OC)c(OC)c(OC)c2)n1N=Cc1cc2c(cc1[N+](=O)[O-])OCO2. The van der Waals surface area contributed by atoms with E-state index in [9.17, 15) is 10.1 Å². The lowest BCUT2D eigenvalue weighted by molar-refractivity contribution is -0.385. The summed E-state index contributed by atoms with van der Waals surface area (Å²) in [5.74, 6) is 2.17. The number of nitro benzene ring substituents is 1. The molecule has 0 aliphatic carbocycles. The van der Waals surface area contributed by atoms with Crippen LogP contribution in [0.25, 0.3) is 11.3 Å². The van der Waals surface area contributed by atoms with Crippen LogP contribution in [0.2, 0.25) is 0 Å². The van der Waals surface area contributed by atoms with E-state index in [1.54, 1.807) is 23.9 Å². The second kappa shape index (κ2) is 9.20. The van der Waals surface area contributed by atoms with Crippen LogP contribution in [0.3, 0.4) is 0 Å². The van der Waals surface area contributed by atoms with Gasteiger partial charge in [-0.2, -0.15) is 5.10 Å². The number of nitro groups is 1. The van der Waals surface area contributed by atoms with Crippen LogP contribution >= 0.6 is 11.3 Å². The molecule has 0 N–H and O–H groups in total. The molecular formula is C21H20N4O7S. The molecule has 0 bridgehead atoms. The zero-order valence-electron chi connectivity index (χ0n) is 18.2. The minimum atomic E-state index is -0.493. The first-order chi connectivity index (χ1) is 16.0. The van der Waals surface area contributed by atoms with Gasteiger partial charge in [0.25, 0.3) is 5.69 Å². The molecule has 1 aliphatic heterocycles. The maximum Gasteiger partial charge on any atom is 0.282 e. The number of nitrogens with zero attached hydrogens (tertiary/aromatic N) is 4. The molecule has 0 saturated heterocycles. The molecule has 0 radical (unpaired) electrons. The number of hydrogen-bond acceptors (Lipinski definition) is 10. The molecular weight excluding hydrogens is 452 g/mol. The third-order valence-electron chi connectivity index (χ3n) is 4.87. The summed E-state index contributed by atoms with van der Waals surface area (Å²) in [5.41, 5.74) is 1.52. The lowest BCUT2D eigenvalue weighted by atomic mass is 10.1. The highest BCUT2D eigenvalue weighted by Gasteiger charge is 2.23. The van der Waals surface area contributed by atoms with Gasteiger partial charge in [0.15, 0.2) is 23.0 Å². The van der Waals surface area contributed by atoms with E-state index in [-0.39, 0.29) is 18.0 Å². The number of ether oxygens (including phenoxy) is 5. The highest BCUT2D eigenvalue weighted by molar-refractivity contribution is 7.07. The van der Waals surface area contributed by atoms with Crippen molar-refractivity contribution >= 4 is 23.2 Å². The lowest BCUT2D eigenvalue weighted by Gasteiger charge is -2.14. The van der Waals surface area contributed by atoms with E-state index >= 15 is 0 Å². The molecule has 2 aromatic carbocycles. The molecule has 0 spiro atoms.